The Balaban J connectivity index is 1.29. The van der Waals surface area contributed by atoms with Crippen molar-refractivity contribution in [3.63, 3.8) is 0 Å². The first-order valence-electron chi connectivity index (χ1n) is 13.8. The van der Waals surface area contributed by atoms with Crippen molar-refractivity contribution >= 4 is 51.2 Å². The summed E-state index contributed by atoms with van der Waals surface area (Å²) in [6, 6.07) is 14.5. The first kappa shape index (κ1) is 30.2. The van der Waals surface area contributed by atoms with Crippen LogP contribution in [0.15, 0.2) is 59.1 Å². The molecule has 11 heteroatoms. The van der Waals surface area contributed by atoms with Crippen molar-refractivity contribution in [2.24, 2.45) is 0 Å². The van der Waals surface area contributed by atoms with E-state index in [0.717, 1.165) is 55.8 Å². The predicted octanol–water partition coefficient (Wildman–Crippen LogP) is 9.45. The van der Waals surface area contributed by atoms with Gasteiger partial charge in [-0.25, -0.2) is 4.79 Å². The van der Waals surface area contributed by atoms with E-state index >= 15 is 0 Å². The van der Waals surface area contributed by atoms with Crippen molar-refractivity contribution < 1.29 is 37.1 Å². The number of benzene rings is 3. The van der Waals surface area contributed by atoms with E-state index in [1.165, 1.54) is 30.3 Å². The molecule has 6 rings (SSSR count). The molecule has 1 aliphatic carbocycles. The number of rotatable bonds is 9. The number of carboxylic acid groups (broad SMARTS) is 1. The van der Waals surface area contributed by atoms with Crippen molar-refractivity contribution in [2.45, 2.75) is 59.3 Å². The third kappa shape index (κ3) is 6.24. The molecule has 1 saturated carbocycles. The summed E-state index contributed by atoms with van der Waals surface area (Å²) in [5, 5.41) is 13.7. The molecule has 1 fully saturated rings. The summed E-state index contributed by atoms with van der Waals surface area (Å²) in [7, 11) is 0. The number of fused-ring (bicyclic) bond motifs is 1. The minimum atomic E-state index is -4.64. The lowest BCUT2D eigenvalue weighted by Crippen LogP contribution is -2.20. The Kier molecular flexibility index (Phi) is 8.64. The van der Waals surface area contributed by atoms with Gasteiger partial charge in [0.25, 0.3) is 0 Å². The average molecular weight is 815 g/mol. The third-order valence-electron chi connectivity index (χ3n) is 7.84. The Bertz CT molecular complexity index is 1660. The first-order valence-corrected chi connectivity index (χ1v) is 16.8. The topological polar surface area (TPSA) is 81.8 Å². The number of alkyl halides is 5. The first-order chi connectivity index (χ1) is 20.7. The zero-order valence-corrected chi connectivity index (χ0v) is 27.0. The molecule has 0 radical (unpaired) electrons. The molecule has 0 saturated heterocycles. The fourth-order valence-corrected chi connectivity index (χ4v) is 6.82. The van der Waals surface area contributed by atoms with Crippen molar-refractivity contribution in [3.05, 3.63) is 99.3 Å². The van der Waals surface area contributed by atoms with Crippen LogP contribution in [0.4, 0.5) is 13.2 Å². The molecular formula is C32H26F3I2NO5. The van der Waals surface area contributed by atoms with Gasteiger partial charge in [0.05, 0.1) is 16.7 Å². The van der Waals surface area contributed by atoms with Gasteiger partial charge in [0.15, 0.2) is 0 Å². The fraction of sp³-hybridized carbons (Fsp3) is 0.312. The predicted molar refractivity (Wildman–Crippen MR) is 170 cm³/mol. The van der Waals surface area contributed by atoms with E-state index in [0.29, 0.717) is 23.4 Å². The van der Waals surface area contributed by atoms with Gasteiger partial charge in [0.1, 0.15) is 35.7 Å². The highest BCUT2D eigenvalue weighted by molar-refractivity contribution is 14.1. The van der Waals surface area contributed by atoms with Crippen molar-refractivity contribution in [1.29, 1.82) is 0 Å². The summed E-state index contributed by atoms with van der Waals surface area (Å²) in [6.07, 6.45) is -2.84. The molecule has 2 aliphatic rings. The Morgan fingerprint density at radius 3 is 2.42 bits per heavy atom. The Morgan fingerprint density at radius 1 is 1.02 bits per heavy atom. The minimum Gasteiger partial charge on any atom is -0.489 e. The minimum absolute atomic E-state index is 0.0137. The van der Waals surface area contributed by atoms with E-state index in [4.69, 9.17) is 14.0 Å². The Labute approximate surface area is 273 Å². The Hall–Kier alpha value is -2.81. The van der Waals surface area contributed by atoms with E-state index in [1.54, 1.807) is 0 Å². The van der Waals surface area contributed by atoms with Crippen LogP contribution >= 0.6 is 45.2 Å². The van der Waals surface area contributed by atoms with Crippen molar-refractivity contribution in [1.82, 2.24) is 5.16 Å². The summed E-state index contributed by atoms with van der Waals surface area (Å²) in [6.45, 7) is 0.0246. The molecule has 1 atom stereocenters. The lowest BCUT2D eigenvalue weighted by molar-refractivity contribution is -0.139. The number of halogens is 5. The van der Waals surface area contributed by atoms with E-state index < -0.39 is 23.8 Å². The van der Waals surface area contributed by atoms with Gasteiger partial charge in [-0.05, 0) is 72.7 Å². The van der Waals surface area contributed by atoms with Crippen LogP contribution in [0.3, 0.4) is 0 Å². The van der Waals surface area contributed by atoms with Gasteiger partial charge in [-0.3, -0.25) is 0 Å². The van der Waals surface area contributed by atoms with Crippen molar-refractivity contribution in [2.75, 3.05) is 0 Å². The maximum Gasteiger partial charge on any atom is 0.416 e. The van der Waals surface area contributed by atoms with Gasteiger partial charge in [0, 0.05) is 25.9 Å². The summed E-state index contributed by atoms with van der Waals surface area (Å²) in [5.41, 5.74) is 4.66. The molecule has 1 aromatic heterocycles. The number of hydrogen-bond acceptors (Lipinski definition) is 5. The van der Waals surface area contributed by atoms with Crippen LogP contribution in [0.1, 0.15) is 80.8 Å². The van der Waals surface area contributed by atoms with E-state index in [1.807, 2.05) is 6.07 Å². The number of aryl methyl sites for hydroxylation is 1. The number of aromatic nitrogens is 1. The molecule has 1 aliphatic heterocycles. The smallest absolute Gasteiger partial charge is 0.416 e. The molecule has 6 nitrogen and oxygen atoms in total. The molecule has 224 valence electrons. The van der Waals surface area contributed by atoms with Crippen LogP contribution in [0, 0.1) is 0 Å². The molecule has 0 bridgehead atoms. The second-order valence-electron chi connectivity index (χ2n) is 10.7. The highest BCUT2D eigenvalue weighted by Gasteiger charge is 2.38. The standard InChI is InChI=1S/C32H26F3I2NO5/c33-32(34,35)25-13-22(8-9-23(25)27-11-6-18-12-19(31(39)40)7-10-26(18)42-27)41-16-24-29(38-43-30(24)17-4-5-17)28-20(14-36)2-1-3-21(28)15-37/h1-3,7-10,12-13,17,27H,4-6,11,14-16H2,(H,39,40). The van der Waals surface area contributed by atoms with E-state index in [2.05, 4.69) is 62.5 Å². The van der Waals surface area contributed by atoms with Crippen molar-refractivity contribution in [3.8, 4) is 22.8 Å². The van der Waals surface area contributed by atoms with Crippen LogP contribution in [-0.4, -0.2) is 16.2 Å². The number of nitrogens with zero attached hydrogens (tertiary/aromatic N) is 1. The van der Waals surface area contributed by atoms with Crippen LogP contribution in [0.25, 0.3) is 11.3 Å². The molecule has 0 spiro atoms. The summed E-state index contributed by atoms with van der Waals surface area (Å²) < 4.78 is 62.5. The van der Waals surface area contributed by atoms with Crippen LogP contribution in [0.2, 0.25) is 0 Å². The second kappa shape index (κ2) is 12.3. The van der Waals surface area contributed by atoms with Gasteiger partial charge in [0.2, 0.25) is 0 Å². The monoisotopic (exact) mass is 815 g/mol. The molecule has 1 unspecified atom stereocenters. The quantitative estimate of drug-likeness (QED) is 0.134. The van der Waals surface area contributed by atoms with Gasteiger partial charge in [-0.15, -0.1) is 0 Å². The maximum atomic E-state index is 14.4. The molecule has 0 amide bonds. The summed E-state index contributed by atoms with van der Waals surface area (Å²) in [4.78, 5) is 11.3. The van der Waals surface area contributed by atoms with E-state index in [-0.39, 0.29) is 35.8 Å². The molecule has 3 aromatic carbocycles. The number of aromatic carboxylic acids is 1. The molecule has 1 N–H and O–H groups in total. The lowest BCUT2D eigenvalue weighted by Gasteiger charge is -2.28. The van der Waals surface area contributed by atoms with E-state index in [9.17, 15) is 23.1 Å². The number of ether oxygens (including phenoxy) is 2. The number of hydrogen-bond donors (Lipinski definition) is 1. The normalized spacial score (nSPS) is 16.4. The molecule has 2 heterocycles. The fourth-order valence-electron chi connectivity index (χ4n) is 5.55. The maximum absolute atomic E-state index is 14.4. The molecular weight excluding hydrogens is 789 g/mol. The van der Waals surface area contributed by atoms with Crippen LogP contribution < -0.4 is 9.47 Å². The molecule has 4 aromatic rings. The zero-order chi connectivity index (χ0) is 30.3. The average Bonchev–Trinajstić information content (AvgIpc) is 3.77. The largest absolute Gasteiger partial charge is 0.489 e. The highest BCUT2D eigenvalue weighted by atomic mass is 127. The number of carbonyl (C=O) groups is 1. The third-order valence-corrected chi connectivity index (χ3v) is 9.48. The van der Waals surface area contributed by atoms with Crippen LogP contribution in [-0.2, 0) is 28.1 Å². The summed E-state index contributed by atoms with van der Waals surface area (Å²) in [5.74, 6) is 0.386. The SMILES string of the molecule is O=C(O)c1ccc2c(c1)CCC(c1ccc(OCc3c(-c4c(CI)cccc4CI)noc3C3CC3)cc1C(F)(F)F)O2. The highest BCUT2D eigenvalue weighted by Crippen LogP contribution is 2.46. The van der Waals surface area contributed by atoms with Gasteiger partial charge < -0.3 is 19.1 Å². The van der Waals surface area contributed by atoms with Gasteiger partial charge >= 0.3 is 12.1 Å². The second-order valence-corrected chi connectivity index (χ2v) is 12.2. The van der Waals surface area contributed by atoms with Crippen LogP contribution in [0.5, 0.6) is 11.5 Å². The zero-order valence-electron chi connectivity index (χ0n) is 22.7. The summed E-state index contributed by atoms with van der Waals surface area (Å²) >= 11 is 4.64. The van der Waals surface area contributed by atoms with Gasteiger partial charge in [-0.2, -0.15) is 13.2 Å². The Morgan fingerprint density at radius 2 is 1.77 bits per heavy atom. The molecule has 43 heavy (non-hydrogen) atoms. The number of carboxylic acids is 1. The van der Waals surface area contributed by atoms with Gasteiger partial charge in [-0.1, -0.05) is 74.6 Å². The lowest BCUT2D eigenvalue weighted by atomic mass is 9.93.